The van der Waals surface area contributed by atoms with Gasteiger partial charge in [0.25, 0.3) is 0 Å². The van der Waals surface area contributed by atoms with Gasteiger partial charge in [0.1, 0.15) is 0 Å². The molecule has 0 fully saturated rings. The largest absolute Gasteiger partial charge is 4.00 e. The first kappa shape index (κ1) is 28.2. The molecule has 0 bridgehead atoms. The van der Waals surface area contributed by atoms with Crippen LogP contribution < -0.4 is 24.8 Å². The van der Waals surface area contributed by atoms with Gasteiger partial charge in [0.2, 0.25) is 0 Å². The molecule has 0 aliphatic heterocycles. The van der Waals surface area contributed by atoms with E-state index in [1.807, 2.05) is 0 Å². The molecule has 0 nitrogen and oxygen atoms in total. The van der Waals surface area contributed by atoms with Crippen LogP contribution in [0.15, 0.2) is 48.5 Å². The van der Waals surface area contributed by atoms with Crippen molar-refractivity contribution in [3.05, 3.63) is 81.9 Å². The van der Waals surface area contributed by atoms with Crippen molar-refractivity contribution in [3.63, 3.8) is 0 Å². The number of rotatable bonds is 5. The second-order valence-electron chi connectivity index (χ2n) is 9.02. The normalized spacial score (nSPS) is 11.0. The molecule has 162 valence electrons. The summed E-state index contributed by atoms with van der Waals surface area (Å²) >= 11 is 0. The van der Waals surface area contributed by atoms with Crippen LogP contribution in [-0.4, -0.2) is 0 Å². The van der Waals surface area contributed by atoms with Crippen molar-refractivity contribution >= 4 is 21.5 Å². The van der Waals surface area contributed by atoms with Gasteiger partial charge in [0.15, 0.2) is 0 Å². The molecule has 4 aromatic rings. The number of hydrogen-bond acceptors (Lipinski definition) is 0. The van der Waals surface area contributed by atoms with E-state index in [1.165, 1.54) is 54.9 Å². The zero-order chi connectivity index (χ0) is 20.0. The predicted octanol–water partition coefficient (Wildman–Crippen LogP) is 2.09. The fourth-order valence-corrected chi connectivity index (χ4v) is 4.95. The van der Waals surface area contributed by atoms with Gasteiger partial charge in [0.05, 0.1) is 0 Å². The van der Waals surface area contributed by atoms with E-state index in [9.17, 15) is 0 Å². The molecule has 0 spiro atoms. The molecule has 0 aliphatic rings. The minimum Gasteiger partial charge on any atom is -1.00 e. The van der Waals surface area contributed by atoms with Crippen LogP contribution in [0.25, 0.3) is 21.5 Å². The molecule has 0 N–H and O–H groups in total. The third-order valence-electron chi connectivity index (χ3n) is 6.54. The molecule has 0 heterocycles. The minimum absolute atomic E-state index is 0. The molecule has 4 rings (SSSR count). The molecule has 4 aromatic carbocycles. The monoisotopic (exact) mass is 528 g/mol. The Balaban J connectivity index is 0.00000160. The van der Waals surface area contributed by atoms with Gasteiger partial charge < -0.3 is 24.8 Å². The summed E-state index contributed by atoms with van der Waals surface area (Å²) in [6.45, 7) is 13.8. The van der Waals surface area contributed by atoms with Gasteiger partial charge in [-0.1, -0.05) is 64.8 Å². The molecule has 0 amide bonds. The van der Waals surface area contributed by atoms with Crippen molar-refractivity contribution in [2.24, 2.45) is 0 Å². The molecule has 0 saturated heterocycles. The van der Waals surface area contributed by atoms with Crippen LogP contribution in [0.4, 0.5) is 0 Å². The van der Waals surface area contributed by atoms with Crippen molar-refractivity contribution in [1.82, 2.24) is 0 Å². The van der Waals surface area contributed by atoms with Gasteiger partial charge in [0, 0.05) is 0 Å². The standard InChI is InChI=1S/C28H32.2ClH.Zr/c1-17(2)25-11-7-9-23-15-21(19(5)27(23)25)13-14-22-16-24-10-8-12-26(18(3)4)28(24)20(22)6;;;/h7-12,15-18H,13-14H2,1-6H3;2*1H;/q-2;;;+4/p-2. The number of benzene rings is 2. The molecular formula is C28H32Cl2Zr. The predicted molar refractivity (Wildman–Crippen MR) is 124 cm³/mol. The van der Waals surface area contributed by atoms with Gasteiger partial charge in [-0.15, -0.1) is 69.1 Å². The fraction of sp³-hybridized carbons (Fsp3) is 0.357. The molecule has 0 radical (unpaired) electrons. The SMILES string of the molecule is Cc1c(CCc2[cH-]c3cccc(C(C)C)c3c2C)[cH-]c2cccc(C(C)C)c12.[Cl-].[Cl-].[Zr+4]. The van der Waals surface area contributed by atoms with Crippen LogP contribution >= 0.6 is 0 Å². The van der Waals surface area contributed by atoms with Crippen LogP contribution in [-0.2, 0) is 39.0 Å². The summed E-state index contributed by atoms with van der Waals surface area (Å²) in [5, 5.41) is 5.79. The van der Waals surface area contributed by atoms with E-state index in [1.54, 1.807) is 0 Å². The molecule has 0 saturated carbocycles. The van der Waals surface area contributed by atoms with Crippen LogP contribution in [0.2, 0.25) is 0 Å². The van der Waals surface area contributed by atoms with E-state index in [-0.39, 0.29) is 51.0 Å². The van der Waals surface area contributed by atoms with E-state index < -0.39 is 0 Å². The minimum atomic E-state index is 0. The van der Waals surface area contributed by atoms with Crippen molar-refractivity contribution in [3.8, 4) is 0 Å². The Hall–Kier alpha value is -0.877. The maximum Gasteiger partial charge on any atom is 4.00 e. The quantitative estimate of drug-likeness (QED) is 0.347. The molecule has 0 unspecified atom stereocenters. The van der Waals surface area contributed by atoms with Gasteiger partial charge in [-0.2, -0.15) is 11.1 Å². The van der Waals surface area contributed by atoms with Crippen molar-refractivity contribution < 1.29 is 51.0 Å². The van der Waals surface area contributed by atoms with Gasteiger partial charge >= 0.3 is 26.2 Å². The molecule has 3 heteroatoms. The number of fused-ring (bicyclic) bond motifs is 2. The first-order chi connectivity index (χ1) is 13.4. The van der Waals surface area contributed by atoms with Crippen molar-refractivity contribution in [2.75, 3.05) is 0 Å². The second-order valence-corrected chi connectivity index (χ2v) is 9.02. The Morgan fingerprint density at radius 1 is 0.645 bits per heavy atom. The summed E-state index contributed by atoms with van der Waals surface area (Å²) < 4.78 is 0. The van der Waals surface area contributed by atoms with Crippen LogP contribution in [0.1, 0.15) is 72.9 Å². The summed E-state index contributed by atoms with van der Waals surface area (Å²) in [5.41, 5.74) is 8.96. The van der Waals surface area contributed by atoms with E-state index in [4.69, 9.17) is 0 Å². The third kappa shape index (κ3) is 5.21. The maximum atomic E-state index is 2.42. The van der Waals surface area contributed by atoms with E-state index >= 15 is 0 Å². The molecule has 0 atom stereocenters. The number of aryl methyl sites for hydroxylation is 4. The topological polar surface area (TPSA) is 0 Å². The van der Waals surface area contributed by atoms with Gasteiger partial charge in [-0.05, 0) is 24.7 Å². The Morgan fingerprint density at radius 3 is 1.32 bits per heavy atom. The summed E-state index contributed by atoms with van der Waals surface area (Å²) in [4.78, 5) is 0. The first-order valence-corrected chi connectivity index (χ1v) is 10.7. The average molecular weight is 531 g/mol. The number of hydrogen-bond donors (Lipinski definition) is 0. The van der Waals surface area contributed by atoms with Gasteiger partial charge in [-0.25, -0.2) is 0 Å². The van der Waals surface area contributed by atoms with Crippen LogP contribution in [0.5, 0.6) is 0 Å². The summed E-state index contributed by atoms with van der Waals surface area (Å²) in [7, 11) is 0. The first-order valence-electron chi connectivity index (χ1n) is 10.7. The van der Waals surface area contributed by atoms with E-state index in [2.05, 4.69) is 90.1 Å². The van der Waals surface area contributed by atoms with E-state index in [0.29, 0.717) is 11.8 Å². The smallest absolute Gasteiger partial charge is 1.00 e. The number of halogens is 2. The molecular weight excluding hydrogens is 498 g/mol. The molecule has 0 aromatic heterocycles. The Morgan fingerprint density at radius 2 is 1.00 bits per heavy atom. The Bertz CT molecular complexity index is 1050. The second kappa shape index (κ2) is 11.3. The van der Waals surface area contributed by atoms with Crippen molar-refractivity contribution in [2.45, 2.75) is 66.2 Å². The fourth-order valence-electron chi connectivity index (χ4n) is 4.95. The molecule has 0 aliphatic carbocycles. The Labute approximate surface area is 219 Å². The van der Waals surface area contributed by atoms with Crippen LogP contribution in [0, 0.1) is 13.8 Å². The third-order valence-corrected chi connectivity index (χ3v) is 6.54. The Kier molecular flexibility index (Phi) is 10.3. The zero-order valence-corrected chi connectivity index (χ0v) is 23.4. The summed E-state index contributed by atoms with van der Waals surface area (Å²) in [5.74, 6) is 1.13. The summed E-state index contributed by atoms with van der Waals surface area (Å²) in [6.07, 6.45) is 2.23. The van der Waals surface area contributed by atoms with Crippen LogP contribution in [0.3, 0.4) is 0 Å². The molecule has 31 heavy (non-hydrogen) atoms. The summed E-state index contributed by atoms with van der Waals surface area (Å²) in [6, 6.07) is 18.4. The van der Waals surface area contributed by atoms with E-state index in [0.717, 1.165) is 12.8 Å². The average Bonchev–Trinajstić information content (AvgIpc) is 3.16. The van der Waals surface area contributed by atoms with Crippen molar-refractivity contribution in [1.29, 1.82) is 0 Å². The maximum absolute atomic E-state index is 2.42. The van der Waals surface area contributed by atoms with Gasteiger partial charge in [-0.3, -0.25) is 0 Å². The zero-order valence-electron chi connectivity index (χ0n) is 19.4.